The van der Waals surface area contributed by atoms with Gasteiger partial charge in [-0.1, -0.05) is 6.08 Å². The Labute approximate surface area is 265 Å². The van der Waals surface area contributed by atoms with Crippen LogP contribution in [0.3, 0.4) is 0 Å². The highest BCUT2D eigenvalue weighted by Gasteiger charge is 2.35. The number of aromatic nitrogens is 6. The number of piperazine rings is 1. The Morgan fingerprint density at radius 3 is 2.89 bits per heavy atom. The van der Waals surface area contributed by atoms with E-state index in [9.17, 15) is 4.79 Å². The molecule has 0 radical (unpaired) electrons. The number of likely N-dealkylation sites (tertiary alicyclic amines) is 1. The van der Waals surface area contributed by atoms with Gasteiger partial charge in [-0.2, -0.15) is 5.10 Å². The summed E-state index contributed by atoms with van der Waals surface area (Å²) in [5.41, 5.74) is 3.82. The highest BCUT2D eigenvalue weighted by molar-refractivity contribution is 5.91. The number of amides is 1. The van der Waals surface area contributed by atoms with Gasteiger partial charge < -0.3 is 24.6 Å². The normalized spacial score (nSPS) is 19.8. The smallest absolute Gasteiger partial charge is 0.246 e. The molecule has 13 heteroatoms. The molecule has 1 N–H and O–H groups in total. The van der Waals surface area contributed by atoms with Crippen molar-refractivity contribution in [1.82, 2.24) is 39.3 Å². The molecular weight excluding hydrogens is 584 g/mol. The summed E-state index contributed by atoms with van der Waals surface area (Å²) in [5, 5.41) is 7.55. The third-order valence-corrected chi connectivity index (χ3v) is 9.01. The van der Waals surface area contributed by atoms with Crippen LogP contribution in [0.4, 0.5) is 17.3 Å². The van der Waals surface area contributed by atoms with Crippen molar-refractivity contribution in [2.75, 3.05) is 50.1 Å². The number of nitrogens with zero attached hydrogens (tertiary/aromatic N) is 9. The summed E-state index contributed by atoms with van der Waals surface area (Å²) < 4.78 is 14.1. The summed E-state index contributed by atoms with van der Waals surface area (Å²) in [5.74, 6) is 3.45. The number of carbonyl (C=O) groups excluding carboxylic acids is 1. The van der Waals surface area contributed by atoms with E-state index in [4.69, 9.17) is 14.5 Å². The second-order valence-electron chi connectivity index (χ2n) is 12.0. The molecule has 13 nitrogen and oxygen atoms in total. The van der Waals surface area contributed by atoms with Crippen LogP contribution < -0.4 is 19.7 Å². The van der Waals surface area contributed by atoms with Crippen molar-refractivity contribution in [1.29, 1.82) is 0 Å². The Hall–Kier alpha value is -5.30. The molecule has 4 aromatic heterocycles. The van der Waals surface area contributed by atoms with E-state index in [1.54, 1.807) is 10.6 Å². The molecule has 7 heterocycles. The lowest BCUT2D eigenvalue weighted by Gasteiger charge is -2.39. The van der Waals surface area contributed by atoms with E-state index < -0.39 is 0 Å². The first-order chi connectivity index (χ1) is 22.5. The molecule has 2 bridgehead atoms. The summed E-state index contributed by atoms with van der Waals surface area (Å²) in [6, 6.07) is 11.7. The quantitative estimate of drug-likeness (QED) is 0.278. The predicted molar refractivity (Wildman–Crippen MR) is 173 cm³/mol. The van der Waals surface area contributed by atoms with Crippen LogP contribution in [0.1, 0.15) is 18.4 Å². The minimum Gasteiger partial charge on any atom is -0.487 e. The lowest BCUT2D eigenvalue weighted by molar-refractivity contribution is -0.129. The number of aryl methyl sites for hydroxylation is 1. The first kappa shape index (κ1) is 28.2. The topological polar surface area (TPSA) is 126 Å². The Bertz CT molecular complexity index is 1980. The third kappa shape index (κ3) is 5.32. The zero-order chi connectivity index (χ0) is 31.2. The van der Waals surface area contributed by atoms with Crippen molar-refractivity contribution >= 4 is 39.9 Å². The molecule has 0 unspecified atom stereocenters. The summed E-state index contributed by atoms with van der Waals surface area (Å²) in [4.78, 5) is 37.9. The lowest BCUT2D eigenvalue weighted by atomic mass is 10.1. The largest absolute Gasteiger partial charge is 0.487 e. The van der Waals surface area contributed by atoms with E-state index in [2.05, 4.69) is 48.3 Å². The van der Waals surface area contributed by atoms with Gasteiger partial charge in [0.25, 0.3) is 0 Å². The van der Waals surface area contributed by atoms with Gasteiger partial charge in [-0.15, -0.1) is 0 Å². The minimum absolute atomic E-state index is 0.0399. The van der Waals surface area contributed by atoms with Crippen molar-refractivity contribution in [2.45, 2.75) is 31.8 Å². The van der Waals surface area contributed by atoms with Gasteiger partial charge in [-0.05, 0) is 63.2 Å². The van der Waals surface area contributed by atoms with E-state index >= 15 is 0 Å². The molecule has 234 valence electrons. The first-order valence-electron chi connectivity index (χ1n) is 15.6. The maximum Gasteiger partial charge on any atom is 0.246 e. The monoisotopic (exact) mass is 618 g/mol. The second-order valence-corrected chi connectivity index (χ2v) is 12.0. The van der Waals surface area contributed by atoms with Crippen LogP contribution in [0, 0.1) is 6.92 Å². The molecule has 1 aromatic carbocycles. The number of ether oxygens (including phenoxy) is 2. The number of pyridine rings is 2. The van der Waals surface area contributed by atoms with Gasteiger partial charge in [0, 0.05) is 55.8 Å². The van der Waals surface area contributed by atoms with Gasteiger partial charge in [0.2, 0.25) is 5.91 Å². The molecule has 8 rings (SSSR count). The van der Waals surface area contributed by atoms with Crippen molar-refractivity contribution in [3.63, 3.8) is 0 Å². The molecule has 0 saturated carbocycles. The number of likely N-dealkylation sites (N-methyl/N-ethyl adjacent to an activating group) is 1. The Balaban J connectivity index is 1.00. The molecule has 3 aliphatic heterocycles. The number of anilines is 3. The van der Waals surface area contributed by atoms with Gasteiger partial charge in [0.05, 0.1) is 11.6 Å². The zero-order valence-corrected chi connectivity index (χ0v) is 25.7. The van der Waals surface area contributed by atoms with Crippen LogP contribution in [0.5, 0.6) is 17.2 Å². The molecule has 0 spiro atoms. The summed E-state index contributed by atoms with van der Waals surface area (Å²) >= 11 is 0. The van der Waals surface area contributed by atoms with Crippen LogP contribution >= 0.6 is 0 Å². The molecule has 2 saturated heterocycles. The van der Waals surface area contributed by atoms with Crippen LogP contribution in [0.2, 0.25) is 0 Å². The number of fused-ring (bicyclic) bond motifs is 6. The second kappa shape index (κ2) is 11.6. The molecule has 3 aliphatic rings. The molecular formula is C33H34N10O3. The van der Waals surface area contributed by atoms with Gasteiger partial charge >= 0.3 is 0 Å². The summed E-state index contributed by atoms with van der Waals surface area (Å²) in [6.07, 6.45) is 10.9. The first-order valence-corrected chi connectivity index (χ1v) is 15.6. The Morgan fingerprint density at radius 1 is 1.09 bits per heavy atom. The average Bonchev–Trinajstić information content (AvgIpc) is 3.68. The molecule has 2 atom stereocenters. The highest BCUT2D eigenvalue weighted by atomic mass is 16.5. The Morgan fingerprint density at radius 2 is 2.02 bits per heavy atom. The van der Waals surface area contributed by atoms with Crippen LogP contribution in [0.25, 0.3) is 16.7 Å². The standard InChI is InChI=1S/C33H34N10O3/c1-21-14-22(5-7-27(21)46-25-9-11-43-29(15-25)35-20-37-43)38-32-31-26(34-19-36-32)16-28-33(39-31)41-12-13-42(24(17-41)18-45-28)30(44)8-6-23-4-3-10-40(23)2/h5-9,11,14-16,19-20,23-24H,3-4,10,12-13,17-18H2,1-2H3,(H,34,36,38)/b8-6+/t23-,24+/m0/s1. The Kier molecular flexibility index (Phi) is 7.09. The number of carbonyl (C=O) groups is 1. The number of benzene rings is 1. The summed E-state index contributed by atoms with van der Waals surface area (Å²) in [7, 11) is 2.11. The molecule has 46 heavy (non-hydrogen) atoms. The minimum atomic E-state index is -0.0739. The molecule has 1 amide bonds. The maximum absolute atomic E-state index is 13.2. The third-order valence-electron chi connectivity index (χ3n) is 9.01. The van der Waals surface area contributed by atoms with Crippen LogP contribution in [-0.4, -0.2) is 97.2 Å². The van der Waals surface area contributed by atoms with Crippen molar-refractivity contribution in [3.05, 3.63) is 73.0 Å². The molecule has 0 aliphatic carbocycles. The van der Waals surface area contributed by atoms with E-state index in [0.717, 1.165) is 35.8 Å². The SMILES string of the molecule is Cc1cc(Nc2ncnc3cc4c(nc23)N2CCN(C(=O)/C=C/[C@@H]3CCCN3C)[C@@H](CO4)C2)ccc1Oc1ccn2ncnc2c1. The van der Waals surface area contributed by atoms with Crippen molar-refractivity contribution in [3.8, 4) is 17.2 Å². The fourth-order valence-electron chi connectivity index (χ4n) is 6.48. The lowest BCUT2D eigenvalue weighted by Crippen LogP contribution is -2.56. The fraction of sp³-hybridized carbons (Fsp3) is 0.333. The van der Waals surface area contributed by atoms with Crippen LogP contribution in [-0.2, 0) is 4.79 Å². The number of nitrogens with one attached hydrogen (secondary N) is 1. The number of rotatable bonds is 6. The average molecular weight is 619 g/mol. The zero-order valence-electron chi connectivity index (χ0n) is 25.7. The van der Waals surface area contributed by atoms with Crippen molar-refractivity contribution < 1.29 is 14.3 Å². The van der Waals surface area contributed by atoms with Gasteiger partial charge in [0.1, 0.15) is 36.3 Å². The van der Waals surface area contributed by atoms with E-state index in [0.29, 0.717) is 66.3 Å². The molecule has 5 aromatic rings. The van der Waals surface area contributed by atoms with Crippen LogP contribution in [0.15, 0.2) is 67.4 Å². The number of hydrogen-bond acceptors (Lipinski definition) is 11. The highest BCUT2D eigenvalue weighted by Crippen LogP contribution is 2.36. The summed E-state index contributed by atoms with van der Waals surface area (Å²) in [6.45, 7) is 5.38. The van der Waals surface area contributed by atoms with Gasteiger partial charge in [-0.3, -0.25) is 9.69 Å². The number of hydrogen-bond donors (Lipinski definition) is 1. The fourth-order valence-corrected chi connectivity index (χ4v) is 6.48. The van der Waals surface area contributed by atoms with Gasteiger partial charge in [-0.25, -0.2) is 24.5 Å². The van der Waals surface area contributed by atoms with E-state index in [1.165, 1.54) is 19.1 Å². The van der Waals surface area contributed by atoms with Gasteiger partial charge in [0.15, 0.2) is 23.0 Å². The maximum atomic E-state index is 13.2. The van der Waals surface area contributed by atoms with E-state index in [1.807, 2.05) is 54.4 Å². The van der Waals surface area contributed by atoms with Crippen molar-refractivity contribution in [2.24, 2.45) is 0 Å². The molecule has 2 fully saturated rings. The predicted octanol–water partition coefficient (Wildman–Crippen LogP) is 3.97. The van der Waals surface area contributed by atoms with E-state index in [-0.39, 0.29) is 11.9 Å².